The minimum atomic E-state index is -1.00. The van der Waals surface area contributed by atoms with Gasteiger partial charge in [0.2, 0.25) is 5.91 Å². The van der Waals surface area contributed by atoms with E-state index in [4.69, 9.17) is 0 Å². The predicted octanol–water partition coefficient (Wildman–Crippen LogP) is 4.19. The third-order valence-electron chi connectivity index (χ3n) is 7.21. The van der Waals surface area contributed by atoms with Crippen molar-refractivity contribution in [3.63, 3.8) is 0 Å². The van der Waals surface area contributed by atoms with Crippen molar-refractivity contribution in [1.82, 2.24) is 15.1 Å². The van der Waals surface area contributed by atoms with Gasteiger partial charge in [0.1, 0.15) is 5.54 Å². The van der Waals surface area contributed by atoms with Crippen LogP contribution in [0.3, 0.4) is 0 Å². The van der Waals surface area contributed by atoms with Gasteiger partial charge in [0, 0.05) is 18.2 Å². The first-order chi connectivity index (χ1) is 16.8. The van der Waals surface area contributed by atoms with Crippen LogP contribution in [0, 0.1) is 5.92 Å². The number of likely N-dealkylation sites (N-methyl/N-ethyl adjacent to an activating group) is 1. The zero-order chi connectivity index (χ0) is 25.1. The van der Waals surface area contributed by atoms with Gasteiger partial charge < -0.3 is 5.32 Å². The first kappa shape index (κ1) is 24.8. The summed E-state index contributed by atoms with van der Waals surface area (Å²) in [5.74, 6) is -0.0273. The average molecular weight is 476 g/mol. The number of hydrogen-bond acceptors (Lipinski definition) is 4. The van der Waals surface area contributed by atoms with Gasteiger partial charge >= 0.3 is 11.9 Å². The third-order valence-corrected chi connectivity index (χ3v) is 7.21. The van der Waals surface area contributed by atoms with Crippen LogP contribution in [-0.4, -0.2) is 49.2 Å². The van der Waals surface area contributed by atoms with Gasteiger partial charge in [-0.25, -0.2) is 9.59 Å². The van der Waals surface area contributed by atoms with Gasteiger partial charge in [0.25, 0.3) is 0 Å². The number of urea groups is 1. The molecule has 1 aliphatic heterocycles. The molecule has 0 unspecified atom stereocenters. The van der Waals surface area contributed by atoms with E-state index in [0.29, 0.717) is 36.7 Å². The molecule has 4 amide bonds. The lowest BCUT2D eigenvalue weighted by Gasteiger charge is -2.34. The third kappa shape index (κ3) is 4.78. The summed E-state index contributed by atoms with van der Waals surface area (Å²) in [7, 11) is 1.61. The fourth-order valence-electron chi connectivity index (χ4n) is 4.98. The highest BCUT2D eigenvalue weighted by atomic mass is 16.2. The molecule has 1 aliphatic carbocycles. The Bertz CT molecular complexity index is 1140. The molecule has 35 heavy (non-hydrogen) atoms. The molecule has 0 saturated heterocycles. The van der Waals surface area contributed by atoms with E-state index in [1.807, 2.05) is 48.5 Å². The Hall–Kier alpha value is -3.32. The van der Waals surface area contributed by atoms with Crippen LogP contribution in [0.1, 0.15) is 57.1 Å². The van der Waals surface area contributed by atoms with E-state index in [0.717, 1.165) is 30.4 Å². The molecule has 1 atom stereocenters. The molecule has 184 valence electrons. The molecule has 2 aliphatic rings. The Morgan fingerprint density at radius 2 is 1.69 bits per heavy atom. The lowest BCUT2D eigenvalue weighted by Crippen LogP contribution is -2.67. The second-order valence-electron chi connectivity index (χ2n) is 10.1. The minimum absolute atomic E-state index is 0.129. The fourth-order valence-corrected chi connectivity index (χ4v) is 4.98. The van der Waals surface area contributed by atoms with E-state index < -0.39 is 16.1 Å². The zero-order valence-corrected chi connectivity index (χ0v) is 20.8. The number of carbonyl (C=O) groups excluding carboxylic acids is 3. The van der Waals surface area contributed by atoms with Crippen molar-refractivity contribution in [2.45, 2.75) is 51.5 Å². The summed E-state index contributed by atoms with van der Waals surface area (Å²) in [5.41, 5.74) is 1.87. The van der Waals surface area contributed by atoms with Gasteiger partial charge in [-0.05, 0) is 31.2 Å². The van der Waals surface area contributed by atoms with Gasteiger partial charge in [-0.1, -0.05) is 69.2 Å². The molecule has 1 fully saturated rings. The summed E-state index contributed by atoms with van der Waals surface area (Å²) in [6, 6.07) is 16.6. The monoisotopic (exact) mass is 475 g/mol. The van der Waals surface area contributed by atoms with E-state index in [9.17, 15) is 14.4 Å². The van der Waals surface area contributed by atoms with E-state index in [1.165, 1.54) is 0 Å². The van der Waals surface area contributed by atoms with E-state index in [2.05, 4.69) is 29.5 Å². The molecule has 0 aromatic heterocycles. The molecule has 7 nitrogen and oxygen atoms in total. The van der Waals surface area contributed by atoms with E-state index >= 15 is 0 Å². The molecular formula is C28H35N4O3+. The van der Waals surface area contributed by atoms with Crippen molar-refractivity contribution < 1.29 is 14.4 Å². The van der Waals surface area contributed by atoms with Crippen molar-refractivity contribution in [3.05, 3.63) is 65.7 Å². The Kier molecular flexibility index (Phi) is 7.17. The highest BCUT2D eigenvalue weighted by Gasteiger charge is 2.51. The Labute approximate surface area is 207 Å². The smallest absolute Gasteiger partial charge is 0.354 e. The summed E-state index contributed by atoms with van der Waals surface area (Å²) in [6.45, 7) is 4.66. The Morgan fingerprint density at radius 3 is 2.37 bits per heavy atom. The lowest BCUT2D eigenvalue weighted by molar-refractivity contribution is -0.128. The maximum absolute atomic E-state index is 13.9. The lowest BCUT2D eigenvalue weighted by atomic mass is 9.95. The average Bonchev–Trinajstić information content (AvgIpc) is 3.29. The SMILES string of the molecule is CC(C)CCNC(=O)C1(NC(=O)[N@@+]2(C)C(=O)CN=C(c3ccccc3)c3ccccc32)CCCC1. The molecular weight excluding hydrogens is 440 g/mol. The fraction of sp³-hybridized carbons (Fsp3) is 0.429. The number of hydrogen-bond donors (Lipinski definition) is 2. The summed E-state index contributed by atoms with van der Waals surface area (Å²) < 4.78 is -0.586. The standard InChI is InChI=1S/C28H34N4O3/c1-20(2)15-18-29-26(34)28(16-9-10-17-28)31-27(35)32(3)23-14-8-7-13-22(23)25(30-19-24(32)33)21-11-5-4-6-12-21/h4-8,11-14,20H,9-10,15-19H2,1-3H3,(H-,29,31,34,35)/p+1/t32-/m1/s1. The van der Waals surface area contributed by atoms with Crippen LogP contribution in [0.4, 0.5) is 10.5 Å². The van der Waals surface area contributed by atoms with Crippen LogP contribution >= 0.6 is 0 Å². The molecule has 1 heterocycles. The number of quaternary nitrogens is 1. The molecule has 0 bridgehead atoms. The topological polar surface area (TPSA) is 87.6 Å². The largest absolute Gasteiger partial charge is 0.429 e. The van der Waals surface area contributed by atoms with E-state index in [-0.39, 0.29) is 18.4 Å². The summed E-state index contributed by atoms with van der Waals surface area (Å²) in [6.07, 6.45) is 3.71. The number of nitrogens with zero attached hydrogens (tertiary/aromatic N) is 2. The number of para-hydroxylation sites is 1. The van der Waals surface area contributed by atoms with Crippen molar-refractivity contribution >= 4 is 29.2 Å². The molecule has 1 saturated carbocycles. The molecule has 0 radical (unpaired) electrons. The maximum atomic E-state index is 13.9. The number of aliphatic imine (C=N–C) groups is 1. The van der Waals surface area contributed by atoms with Crippen LogP contribution in [0.5, 0.6) is 0 Å². The van der Waals surface area contributed by atoms with Crippen molar-refractivity contribution in [3.8, 4) is 0 Å². The predicted molar refractivity (Wildman–Crippen MR) is 138 cm³/mol. The van der Waals surface area contributed by atoms with Crippen LogP contribution in [0.2, 0.25) is 0 Å². The van der Waals surface area contributed by atoms with Crippen LogP contribution < -0.4 is 15.1 Å². The van der Waals surface area contributed by atoms with Gasteiger partial charge in [0.05, 0.1) is 18.3 Å². The number of nitrogens with one attached hydrogen (secondary N) is 2. The number of amides is 4. The van der Waals surface area contributed by atoms with E-state index in [1.54, 1.807) is 13.1 Å². The van der Waals surface area contributed by atoms with Crippen molar-refractivity contribution in [2.75, 3.05) is 20.1 Å². The number of imide groups is 1. The molecule has 0 spiro atoms. The number of fused-ring (bicyclic) bond motifs is 1. The first-order valence-electron chi connectivity index (χ1n) is 12.5. The number of rotatable bonds is 6. The zero-order valence-electron chi connectivity index (χ0n) is 20.8. The Morgan fingerprint density at radius 1 is 1.03 bits per heavy atom. The highest BCUT2D eigenvalue weighted by molar-refractivity contribution is 6.22. The first-order valence-corrected chi connectivity index (χ1v) is 12.5. The van der Waals surface area contributed by atoms with Gasteiger partial charge in [0.15, 0.2) is 12.2 Å². The Balaban J connectivity index is 1.68. The quantitative estimate of drug-likeness (QED) is 0.614. The second kappa shape index (κ2) is 10.1. The van der Waals surface area contributed by atoms with Crippen LogP contribution in [0.25, 0.3) is 0 Å². The van der Waals surface area contributed by atoms with Crippen LogP contribution in [0.15, 0.2) is 59.6 Å². The molecule has 2 aromatic carbocycles. The van der Waals surface area contributed by atoms with Gasteiger partial charge in [-0.3, -0.25) is 15.1 Å². The van der Waals surface area contributed by atoms with Crippen molar-refractivity contribution in [2.24, 2.45) is 10.9 Å². The molecule has 2 aromatic rings. The number of benzene rings is 2. The molecule has 2 N–H and O–H groups in total. The molecule has 7 heteroatoms. The van der Waals surface area contributed by atoms with Crippen molar-refractivity contribution in [1.29, 1.82) is 0 Å². The second-order valence-corrected chi connectivity index (χ2v) is 10.1. The molecule has 4 rings (SSSR count). The summed E-state index contributed by atoms with van der Waals surface area (Å²) in [4.78, 5) is 45.4. The van der Waals surface area contributed by atoms with Gasteiger partial charge in [-0.2, -0.15) is 0 Å². The number of carbonyl (C=O) groups is 3. The normalized spacial score (nSPS) is 21.1. The summed E-state index contributed by atoms with van der Waals surface area (Å²) >= 11 is 0. The summed E-state index contributed by atoms with van der Waals surface area (Å²) in [5, 5.41) is 6.06. The van der Waals surface area contributed by atoms with Gasteiger partial charge in [-0.15, -0.1) is 4.48 Å². The number of benzodiazepines with no additional fused rings is 1. The highest BCUT2D eigenvalue weighted by Crippen LogP contribution is 2.35. The maximum Gasteiger partial charge on any atom is 0.429 e. The minimum Gasteiger partial charge on any atom is -0.354 e. The van der Waals surface area contributed by atoms with Crippen LogP contribution in [-0.2, 0) is 9.59 Å².